The molecule has 3 rings (SSSR count). The Morgan fingerprint density at radius 1 is 1.12 bits per heavy atom. The Morgan fingerprint density at radius 2 is 1.92 bits per heavy atom. The Kier molecular flexibility index (Phi) is 5.03. The van der Waals surface area contributed by atoms with Gasteiger partial charge in [0.25, 0.3) is 5.91 Å². The number of carboxylic acid groups (broad SMARTS) is 1. The van der Waals surface area contributed by atoms with Crippen molar-refractivity contribution < 1.29 is 28.9 Å². The van der Waals surface area contributed by atoms with Gasteiger partial charge in [0.1, 0.15) is 19.0 Å². The second-order valence-electron chi connectivity index (χ2n) is 5.34. The number of benzene rings is 2. The van der Waals surface area contributed by atoms with Crippen molar-refractivity contribution in [3.05, 3.63) is 53.6 Å². The molecule has 2 aromatic carbocycles. The van der Waals surface area contributed by atoms with E-state index in [4.69, 9.17) is 19.3 Å². The van der Waals surface area contributed by atoms with Crippen molar-refractivity contribution >= 4 is 11.9 Å². The van der Waals surface area contributed by atoms with E-state index in [2.05, 4.69) is 5.32 Å². The van der Waals surface area contributed by atoms with Crippen molar-refractivity contribution in [1.29, 1.82) is 0 Å². The number of fused-ring (bicyclic) bond motifs is 1. The van der Waals surface area contributed by atoms with Gasteiger partial charge in [-0.05, 0) is 29.8 Å². The van der Waals surface area contributed by atoms with E-state index in [0.29, 0.717) is 36.0 Å². The van der Waals surface area contributed by atoms with Crippen molar-refractivity contribution in [2.45, 2.75) is 6.54 Å². The highest BCUT2D eigenvalue weighted by molar-refractivity contribution is 5.97. The van der Waals surface area contributed by atoms with E-state index < -0.39 is 12.6 Å². The summed E-state index contributed by atoms with van der Waals surface area (Å²) < 4.78 is 16.1. The highest BCUT2D eigenvalue weighted by atomic mass is 16.6. The quantitative estimate of drug-likeness (QED) is 0.831. The number of carbonyl (C=O) groups excluding carboxylic acids is 1. The summed E-state index contributed by atoms with van der Waals surface area (Å²) in [5.74, 6) is 0.115. The van der Waals surface area contributed by atoms with Crippen LogP contribution in [0.2, 0.25) is 0 Å². The van der Waals surface area contributed by atoms with Crippen molar-refractivity contribution in [3.63, 3.8) is 0 Å². The van der Waals surface area contributed by atoms with E-state index in [1.165, 1.54) is 0 Å². The molecule has 0 saturated carbocycles. The molecule has 0 bridgehead atoms. The fourth-order valence-electron chi connectivity index (χ4n) is 2.42. The molecule has 1 aliphatic heterocycles. The van der Waals surface area contributed by atoms with Gasteiger partial charge in [0, 0.05) is 6.54 Å². The van der Waals surface area contributed by atoms with Gasteiger partial charge in [-0.2, -0.15) is 0 Å². The maximum absolute atomic E-state index is 12.4. The second kappa shape index (κ2) is 7.57. The first-order valence-corrected chi connectivity index (χ1v) is 7.74. The van der Waals surface area contributed by atoms with Crippen LogP contribution in [0.5, 0.6) is 17.2 Å². The van der Waals surface area contributed by atoms with E-state index in [-0.39, 0.29) is 12.5 Å². The van der Waals surface area contributed by atoms with Crippen LogP contribution in [-0.2, 0) is 11.3 Å². The van der Waals surface area contributed by atoms with Crippen LogP contribution in [0.1, 0.15) is 15.9 Å². The lowest BCUT2D eigenvalue weighted by Crippen LogP contribution is -2.25. The van der Waals surface area contributed by atoms with Crippen molar-refractivity contribution in [2.75, 3.05) is 19.8 Å². The van der Waals surface area contributed by atoms with Crippen LogP contribution >= 0.6 is 0 Å². The van der Waals surface area contributed by atoms with Crippen LogP contribution in [-0.4, -0.2) is 36.8 Å². The van der Waals surface area contributed by atoms with Gasteiger partial charge in [0.05, 0.1) is 5.56 Å². The third kappa shape index (κ3) is 4.20. The molecule has 7 heteroatoms. The molecule has 0 atom stereocenters. The molecule has 2 aromatic rings. The van der Waals surface area contributed by atoms with Gasteiger partial charge in [-0.25, -0.2) is 4.79 Å². The minimum atomic E-state index is -1.05. The van der Waals surface area contributed by atoms with Crippen LogP contribution < -0.4 is 19.5 Å². The monoisotopic (exact) mass is 343 g/mol. The van der Waals surface area contributed by atoms with Gasteiger partial charge in [0.15, 0.2) is 18.1 Å². The van der Waals surface area contributed by atoms with Gasteiger partial charge < -0.3 is 24.6 Å². The zero-order chi connectivity index (χ0) is 17.6. The average molecular weight is 343 g/mol. The Labute approximate surface area is 144 Å². The molecule has 0 radical (unpaired) electrons. The Morgan fingerprint density at radius 3 is 2.76 bits per heavy atom. The zero-order valence-electron chi connectivity index (χ0n) is 13.4. The number of hydrogen-bond donors (Lipinski definition) is 2. The van der Waals surface area contributed by atoms with Crippen molar-refractivity contribution in [2.24, 2.45) is 0 Å². The Bertz CT molecular complexity index is 789. The number of para-hydroxylation sites is 1. The van der Waals surface area contributed by atoms with Crippen molar-refractivity contribution in [3.8, 4) is 17.2 Å². The number of ether oxygens (including phenoxy) is 3. The predicted molar refractivity (Wildman–Crippen MR) is 88.2 cm³/mol. The average Bonchev–Trinajstić information content (AvgIpc) is 2.64. The van der Waals surface area contributed by atoms with Crippen LogP contribution in [0.25, 0.3) is 0 Å². The van der Waals surface area contributed by atoms with Crippen LogP contribution in [0.4, 0.5) is 0 Å². The molecule has 2 N–H and O–H groups in total. The molecule has 1 heterocycles. The SMILES string of the molecule is O=C(O)COc1cccc(CNC(=O)c2cccc3c2OCCO3)c1. The summed E-state index contributed by atoms with van der Waals surface area (Å²) >= 11 is 0. The molecule has 0 aromatic heterocycles. The summed E-state index contributed by atoms with van der Waals surface area (Å²) in [6.45, 7) is 0.721. The zero-order valence-corrected chi connectivity index (χ0v) is 13.4. The standard InChI is InChI=1S/C18H17NO6/c20-16(21)11-25-13-4-1-3-12(9-13)10-19-18(22)14-5-2-6-15-17(14)24-8-7-23-15/h1-6,9H,7-8,10-11H2,(H,19,22)(H,20,21). The summed E-state index contributed by atoms with van der Waals surface area (Å²) in [6, 6.07) is 12.1. The number of rotatable bonds is 6. The number of aliphatic carboxylic acids is 1. The Balaban J connectivity index is 1.65. The first-order valence-electron chi connectivity index (χ1n) is 7.74. The minimum Gasteiger partial charge on any atom is -0.486 e. The summed E-state index contributed by atoms with van der Waals surface area (Å²) in [7, 11) is 0. The van der Waals surface area contributed by atoms with Gasteiger partial charge in [-0.15, -0.1) is 0 Å². The van der Waals surface area contributed by atoms with Gasteiger partial charge >= 0.3 is 5.97 Å². The maximum atomic E-state index is 12.4. The molecule has 0 saturated heterocycles. The molecule has 0 unspecified atom stereocenters. The number of nitrogens with one attached hydrogen (secondary N) is 1. The fraction of sp³-hybridized carbons (Fsp3) is 0.222. The van der Waals surface area contributed by atoms with Gasteiger partial charge in [-0.1, -0.05) is 18.2 Å². The molecule has 7 nitrogen and oxygen atoms in total. The number of amides is 1. The summed E-state index contributed by atoms with van der Waals surface area (Å²) in [5.41, 5.74) is 1.20. The van der Waals surface area contributed by atoms with Gasteiger partial charge in [0.2, 0.25) is 0 Å². The lowest BCUT2D eigenvalue weighted by Gasteiger charge is -2.20. The van der Waals surface area contributed by atoms with E-state index in [0.717, 1.165) is 5.56 Å². The van der Waals surface area contributed by atoms with Crippen molar-refractivity contribution in [1.82, 2.24) is 5.32 Å². The second-order valence-corrected chi connectivity index (χ2v) is 5.34. The predicted octanol–water partition coefficient (Wildman–Crippen LogP) is 1.85. The van der Waals surface area contributed by atoms with E-state index in [1.807, 2.05) is 6.07 Å². The smallest absolute Gasteiger partial charge is 0.341 e. The summed E-state index contributed by atoms with van der Waals surface area (Å²) in [6.07, 6.45) is 0. The third-order valence-corrected chi connectivity index (χ3v) is 3.52. The number of hydrogen-bond acceptors (Lipinski definition) is 5. The molecule has 0 fully saturated rings. The molecule has 25 heavy (non-hydrogen) atoms. The van der Waals surface area contributed by atoms with Crippen LogP contribution in [0.3, 0.4) is 0 Å². The first kappa shape index (κ1) is 16.6. The maximum Gasteiger partial charge on any atom is 0.341 e. The molecule has 0 spiro atoms. The Hall–Kier alpha value is -3.22. The minimum absolute atomic E-state index is 0.271. The fourth-order valence-corrected chi connectivity index (χ4v) is 2.42. The molecule has 1 aliphatic rings. The molecule has 1 amide bonds. The lowest BCUT2D eigenvalue weighted by atomic mass is 10.1. The van der Waals surface area contributed by atoms with E-state index in [9.17, 15) is 9.59 Å². The van der Waals surface area contributed by atoms with Crippen LogP contribution in [0.15, 0.2) is 42.5 Å². The largest absolute Gasteiger partial charge is 0.486 e. The molecular formula is C18H17NO6. The van der Waals surface area contributed by atoms with E-state index in [1.54, 1.807) is 36.4 Å². The summed E-state index contributed by atoms with van der Waals surface area (Å²) in [5, 5.41) is 11.5. The normalized spacial score (nSPS) is 12.3. The molecular weight excluding hydrogens is 326 g/mol. The van der Waals surface area contributed by atoms with Crippen LogP contribution in [0, 0.1) is 0 Å². The van der Waals surface area contributed by atoms with Gasteiger partial charge in [-0.3, -0.25) is 4.79 Å². The topological polar surface area (TPSA) is 94.1 Å². The van der Waals surface area contributed by atoms with E-state index >= 15 is 0 Å². The third-order valence-electron chi connectivity index (χ3n) is 3.52. The first-order chi connectivity index (χ1) is 12.1. The lowest BCUT2D eigenvalue weighted by molar-refractivity contribution is -0.139. The molecule has 130 valence electrons. The number of carboxylic acids is 1. The number of carbonyl (C=O) groups is 2. The molecule has 0 aliphatic carbocycles. The highest BCUT2D eigenvalue weighted by Gasteiger charge is 2.20. The summed E-state index contributed by atoms with van der Waals surface area (Å²) in [4.78, 5) is 23.0. The highest BCUT2D eigenvalue weighted by Crippen LogP contribution is 2.33.